The number of carbonyl (C=O) groups is 1. The van der Waals surface area contributed by atoms with Crippen LogP contribution in [-0.4, -0.2) is 44.3 Å². The van der Waals surface area contributed by atoms with Crippen molar-refractivity contribution in [2.24, 2.45) is 5.92 Å². The molecule has 0 bridgehead atoms. The molecule has 0 spiro atoms. The van der Waals surface area contributed by atoms with E-state index < -0.39 is 10.1 Å². The number of hydrogen-bond donors (Lipinski definition) is 3. The van der Waals surface area contributed by atoms with Crippen LogP contribution in [-0.2, 0) is 14.9 Å². The van der Waals surface area contributed by atoms with Gasteiger partial charge in [0.05, 0.1) is 12.3 Å². The molecule has 6 nitrogen and oxygen atoms in total. The summed E-state index contributed by atoms with van der Waals surface area (Å²) in [6.45, 7) is 5.68. The van der Waals surface area contributed by atoms with E-state index in [1.165, 1.54) is 44.9 Å². The third-order valence-corrected chi connectivity index (χ3v) is 4.87. The molecule has 0 heterocycles. The molecule has 144 valence electrons. The number of nitrogens with one attached hydrogen (secondary N) is 2. The third-order valence-electron chi connectivity index (χ3n) is 4.06. The van der Waals surface area contributed by atoms with Gasteiger partial charge in [-0.3, -0.25) is 9.35 Å². The largest absolute Gasteiger partial charge is 0.355 e. The Morgan fingerprint density at radius 3 is 2.29 bits per heavy atom. The fourth-order valence-electron chi connectivity index (χ4n) is 2.60. The van der Waals surface area contributed by atoms with Gasteiger partial charge in [0, 0.05) is 6.54 Å². The van der Waals surface area contributed by atoms with Crippen molar-refractivity contribution in [3.63, 3.8) is 0 Å². The van der Waals surface area contributed by atoms with Crippen LogP contribution in [0.1, 0.15) is 71.6 Å². The second-order valence-corrected chi connectivity index (χ2v) is 8.05. The Morgan fingerprint density at radius 2 is 1.67 bits per heavy atom. The zero-order valence-electron chi connectivity index (χ0n) is 15.3. The normalized spacial score (nSPS) is 13.0. The van der Waals surface area contributed by atoms with E-state index in [1.54, 1.807) is 0 Å². The first-order valence-corrected chi connectivity index (χ1v) is 10.9. The molecular weight excluding hydrogens is 328 g/mol. The van der Waals surface area contributed by atoms with Crippen LogP contribution in [0.25, 0.3) is 0 Å². The molecule has 3 N–H and O–H groups in total. The summed E-state index contributed by atoms with van der Waals surface area (Å²) in [6.07, 6.45) is 10.0. The molecule has 0 aliphatic heterocycles. The minimum atomic E-state index is -3.91. The summed E-state index contributed by atoms with van der Waals surface area (Å²) in [6, 6.07) is 0. The second-order valence-electron chi connectivity index (χ2n) is 6.48. The van der Waals surface area contributed by atoms with Crippen LogP contribution >= 0.6 is 0 Å². The molecule has 24 heavy (non-hydrogen) atoms. The first kappa shape index (κ1) is 23.3. The summed E-state index contributed by atoms with van der Waals surface area (Å²) < 4.78 is 29.7. The minimum absolute atomic E-state index is 0.0584. The van der Waals surface area contributed by atoms with Crippen LogP contribution in [0.15, 0.2) is 0 Å². The molecule has 0 aliphatic carbocycles. The molecule has 0 saturated heterocycles. The van der Waals surface area contributed by atoms with Crippen molar-refractivity contribution in [2.75, 3.05) is 25.4 Å². The standard InChI is InChI=1S/C17H36N2O4S/c1-3-5-7-8-11-16(10-6-4-2)14-19-17(20)15-18-12-9-13-24(21,22)23/h16,18H,3-15H2,1-2H3,(H,19,20)(H,21,22,23). The Kier molecular flexibility index (Phi) is 14.3. The molecule has 0 aromatic carbocycles. The minimum Gasteiger partial charge on any atom is -0.355 e. The van der Waals surface area contributed by atoms with Crippen molar-refractivity contribution in [1.82, 2.24) is 10.6 Å². The van der Waals surface area contributed by atoms with Crippen molar-refractivity contribution >= 4 is 16.0 Å². The lowest BCUT2D eigenvalue weighted by atomic mass is 9.95. The van der Waals surface area contributed by atoms with Crippen LogP contribution in [0.5, 0.6) is 0 Å². The van der Waals surface area contributed by atoms with Crippen molar-refractivity contribution < 1.29 is 17.8 Å². The predicted molar refractivity (Wildman–Crippen MR) is 98.7 cm³/mol. The highest BCUT2D eigenvalue weighted by Gasteiger charge is 2.10. The fourth-order valence-corrected chi connectivity index (χ4v) is 3.11. The molecule has 0 fully saturated rings. The van der Waals surface area contributed by atoms with Crippen molar-refractivity contribution in [1.29, 1.82) is 0 Å². The number of unbranched alkanes of at least 4 members (excludes halogenated alkanes) is 4. The third kappa shape index (κ3) is 16.2. The quantitative estimate of drug-likeness (QED) is 0.289. The van der Waals surface area contributed by atoms with E-state index in [0.29, 0.717) is 18.9 Å². The summed E-state index contributed by atoms with van der Waals surface area (Å²) in [5, 5.41) is 5.87. The molecule has 0 rings (SSSR count). The Balaban J connectivity index is 3.85. The van der Waals surface area contributed by atoms with Gasteiger partial charge < -0.3 is 10.6 Å². The van der Waals surface area contributed by atoms with Crippen LogP contribution in [0.3, 0.4) is 0 Å². The lowest BCUT2D eigenvalue weighted by molar-refractivity contribution is -0.120. The number of amides is 1. The average Bonchev–Trinajstić information content (AvgIpc) is 2.51. The fraction of sp³-hybridized carbons (Fsp3) is 0.941. The Hall–Kier alpha value is -0.660. The maximum atomic E-state index is 11.8. The summed E-state index contributed by atoms with van der Waals surface area (Å²) in [5.74, 6) is 0.209. The lowest BCUT2D eigenvalue weighted by Crippen LogP contribution is -2.37. The maximum absolute atomic E-state index is 11.8. The summed E-state index contributed by atoms with van der Waals surface area (Å²) in [4.78, 5) is 11.8. The van der Waals surface area contributed by atoms with Gasteiger partial charge in [-0.15, -0.1) is 0 Å². The molecule has 1 amide bonds. The van der Waals surface area contributed by atoms with Crippen molar-refractivity contribution in [3.05, 3.63) is 0 Å². The van der Waals surface area contributed by atoms with Crippen molar-refractivity contribution in [3.8, 4) is 0 Å². The van der Waals surface area contributed by atoms with Crippen LogP contribution in [0.2, 0.25) is 0 Å². The van der Waals surface area contributed by atoms with E-state index in [4.69, 9.17) is 4.55 Å². The van der Waals surface area contributed by atoms with E-state index in [0.717, 1.165) is 13.0 Å². The smallest absolute Gasteiger partial charge is 0.264 e. The molecule has 7 heteroatoms. The lowest BCUT2D eigenvalue weighted by Gasteiger charge is -2.17. The topological polar surface area (TPSA) is 95.5 Å². The number of rotatable bonds is 16. The first-order valence-electron chi connectivity index (χ1n) is 9.31. The van der Waals surface area contributed by atoms with Gasteiger partial charge in [0.15, 0.2) is 0 Å². The van der Waals surface area contributed by atoms with Gasteiger partial charge in [0.1, 0.15) is 0 Å². The first-order chi connectivity index (χ1) is 11.4. The second kappa shape index (κ2) is 14.7. The van der Waals surface area contributed by atoms with Crippen LogP contribution < -0.4 is 10.6 Å². The highest BCUT2D eigenvalue weighted by molar-refractivity contribution is 7.85. The highest BCUT2D eigenvalue weighted by atomic mass is 32.2. The molecule has 0 aromatic heterocycles. The molecule has 0 aliphatic rings. The zero-order valence-corrected chi connectivity index (χ0v) is 16.2. The van der Waals surface area contributed by atoms with Gasteiger partial charge in [0.2, 0.25) is 5.91 Å². The Bertz CT molecular complexity index is 413. The molecular formula is C17H36N2O4S. The van der Waals surface area contributed by atoms with Gasteiger partial charge in [-0.25, -0.2) is 0 Å². The monoisotopic (exact) mass is 364 g/mol. The predicted octanol–water partition coefficient (Wildman–Crippen LogP) is 2.75. The molecule has 1 unspecified atom stereocenters. The SMILES string of the molecule is CCCCCCC(CCCC)CNC(=O)CNCCCS(=O)(=O)O. The van der Waals surface area contributed by atoms with E-state index in [1.807, 2.05) is 0 Å². The van der Waals surface area contributed by atoms with Gasteiger partial charge in [0.25, 0.3) is 10.1 Å². The summed E-state index contributed by atoms with van der Waals surface area (Å²) >= 11 is 0. The Labute approximate surface area is 147 Å². The molecule has 0 saturated carbocycles. The van der Waals surface area contributed by atoms with Crippen LogP contribution in [0, 0.1) is 5.92 Å². The summed E-state index contributed by atoms with van der Waals surface area (Å²) in [5.41, 5.74) is 0. The van der Waals surface area contributed by atoms with E-state index >= 15 is 0 Å². The van der Waals surface area contributed by atoms with E-state index in [9.17, 15) is 13.2 Å². The van der Waals surface area contributed by atoms with Crippen LogP contribution in [0.4, 0.5) is 0 Å². The number of carbonyl (C=O) groups excluding carboxylic acids is 1. The zero-order chi connectivity index (χ0) is 18.3. The van der Waals surface area contributed by atoms with E-state index in [2.05, 4.69) is 24.5 Å². The Morgan fingerprint density at radius 1 is 1.00 bits per heavy atom. The molecule has 0 radical (unpaired) electrons. The van der Waals surface area contributed by atoms with Gasteiger partial charge >= 0.3 is 0 Å². The van der Waals surface area contributed by atoms with E-state index in [-0.39, 0.29) is 18.2 Å². The maximum Gasteiger partial charge on any atom is 0.264 e. The highest BCUT2D eigenvalue weighted by Crippen LogP contribution is 2.16. The number of hydrogen-bond acceptors (Lipinski definition) is 4. The van der Waals surface area contributed by atoms with Gasteiger partial charge in [-0.05, 0) is 31.7 Å². The van der Waals surface area contributed by atoms with Gasteiger partial charge in [-0.2, -0.15) is 8.42 Å². The van der Waals surface area contributed by atoms with Crippen molar-refractivity contribution in [2.45, 2.75) is 71.6 Å². The summed E-state index contributed by atoms with van der Waals surface area (Å²) in [7, 11) is -3.91. The van der Waals surface area contributed by atoms with Gasteiger partial charge in [-0.1, -0.05) is 52.4 Å². The molecule has 1 atom stereocenters. The molecule has 0 aromatic rings. The average molecular weight is 365 g/mol.